The second-order valence-electron chi connectivity index (χ2n) is 7.95. The molecule has 35 heavy (non-hydrogen) atoms. The highest BCUT2D eigenvalue weighted by atomic mass is 35.5. The van der Waals surface area contributed by atoms with Crippen LogP contribution in [0.4, 0.5) is 5.69 Å². The molecule has 0 aliphatic heterocycles. The first-order chi connectivity index (χ1) is 16.7. The van der Waals surface area contributed by atoms with Gasteiger partial charge in [-0.05, 0) is 36.4 Å². The summed E-state index contributed by atoms with van der Waals surface area (Å²) in [5.74, 6) is -2.54. The third-order valence-electron chi connectivity index (χ3n) is 5.41. The maximum absolute atomic E-state index is 12.9. The third kappa shape index (κ3) is 4.56. The van der Waals surface area contributed by atoms with Gasteiger partial charge in [0.15, 0.2) is 18.2 Å². The molecule has 1 aliphatic rings. The predicted octanol–water partition coefficient (Wildman–Crippen LogP) is 3.61. The molecule has 3 aromatic carbocycles. The molecule has 176 valence electrons. The zero-order valence-electron chi connectivity index (χ0n) is 18.8. The molecule has 0 saturated carbocycles. The largest absolute Gasteiger partial charge is 0.452 e. The van der Waals surface area contributed by atoms with E-state index < -0.39 is 24.3 Å². The van der Waals surface area contributed by atoms with Crippen molar-refractivity contribution >= 4 is 46.6 Å². The molecule has 1 aliphatic carbocycles. The first kappa shape index (κ1) is 23.8. The number of rotatable bonds is 5. The predicted molar refractivity (Wildman–Crippen MR) is 128 cm³/mol. The summed E-state index contributed by atoms with van der Waals surface area (Å²) >= 11 is 6.35. The quantitative estimate of drug-likeness (QED) is 0.428. The average molecular weight is 491 g/mol. The lowest BCUT2D eigenvalue weighted by atomic mass is 9.83. The van der Waals surface area contributed by atoms with Gasteiger partial charge in [0.1, 0.15) is 0 Å². The number of carbonyl (C=O) groups excluding carboxylic acids is 5. The highest BCUT2D eigenvalue weighted by Crippen LogP contribution is 2.34. The van der Waals surface area contributed by atoms with Crippen LogP contribution in [0.2, 0.25) is 5.02 Å². The van der Waals surface area contributed by atoms with Gasteiger partial charge in [-0.1, -0.05) is 35.9 Å². The Labute approximate surface area is 205 Å². The lowest BCUT2D eigenvalue weighted by molar-refractivity contribution is -0.119. The molecule has 0 bridgehead atoms. The van der Waals surface area contributed by atoms with Crippen molar-refractivity contribution in [1.29, 1.82) is 0 Å². The van der Waals surface area contributed by atoms with E-state index in [1.54, 1.807) is 56.6 Å². The van der Waals surface area contributed by atoms with Gasteiger partial charge in [0.05, 0.1) is 16.1 Å². The molecule has 0 radical (unpaired) electrons. The van der Waals surface area contributed by atoms with E-state index in [1.165, 1.54) is 23.1 Å². The van der Waals surface area contributed by atoms with Crippen LogP contribution in [0, 0.1) is 0 Å². The van der Waals surface area contributed by atoms with E-state index >= 15 is 0 Å². The number of hydrogen-bond donors (Lipinski definition) is 1. The van der Waals surface area contributed by atoms with Crippen LogP contribution >= 0.6 is 11.6 Å². The van der Waals surface area contributed by atoms with E-state index in [0.29, 0.717) is 11.3 Å². The molecule has 2 amide bonds. The number of carbonyl (C=O) groups is 5. The van der Waals surface area contributed by atoms with Crippen molar-refractivity contribution in [2.45, 2.75) is 0 Å². The zero-order chi connectivity index (χ0) is 25.3. The van der Waals surface area contributed by atoms with Crippen molar-refractivity contribution < 1.29 is 28.7 Å². The van der Waals surface area contributed by atoms with Crippen molar-refractivity contribution in [1.82, 2.24) is 4.90 Å². The number of anilines is 1. The zero-order valence-corrected chi connectivity index (χ0v) is 19.5. The van der Waals surface area contributed by atoms with E-state index in [1.807, 2.05) is 0 Å². The summed E-state index contributed by atoms with van der Waals surface area (Å²) in [6.45, 7) is -0.611. The number of hydrogen-bond acceptors (Lipinski definition) is 6. The van der Waals surface area contributed by atoms with Gasteiger partial charge in [-0.15, -0.1) is 0 Å². The number of halogens is 1. The molecule has 0 fully saturated rings. The SMILES string of the molecule is CN(C)C(=O)c1ccc(NC(=O)COC(=O)c2ccc3c(c2Cl)C(=O)c2ccccc2C3=O)cc1. The van der Waals surface area contributed by atoms with Crippen molar-refractivity contribution in [3.05, 3.63) is 99.1 Å². The van der Waals surface area contributed by atoms with E-state index in [9.17, 15) is 24.0 Å². The van der Waals surface area contributed by atoms with Crippen molar-refractivity contribution in [3.63, 3.8) is 0 Å². The lowest BCUT2D eigenvalue weighted by Crippen LogP contribution is -2.24. The maximum atomic E-state index is 12.9. The van der Waals surface area contributed by atoms with Gasteiger partial charge < -0.3 is 15.0 Å². The van der Waals surface area contributed by atoms with Gasteiger partial charge in [-0.2, -0.15) is 0 Å². The van der Waals surface area contributed by atoms with Crippen molar-refractivity contribution in [2.24, 2.45) is 0 Å². The monoisotopic (exact) mass is 490 g/mol. The number of esters is 1. The van der Waals surface area contributed by atoms with Crippen LogP contribution in [0.25, 0.3) is 0 Å². The molecule has 0 heterocycles. The van der Waals surface area contributed by atoms with Crippen LogP contribution in [0.1, 0.15) is 52.6 Å². The Bertz CT molecular complexity index is 1400. The number of fused-ring (bicyclic) bond motifs is 2. The highest BCUT2D eigenvalue weighted by Gasteiger charge is 2.33. The van der Waals surface area contributed by atoms with E-state index in [2.05, 4.69) is 5.32 Å². The van der Waals surface area contributed by atoms with Crippen LogP contribution in [-0.4, -0.2) is 55.0 Å². The number of ether oxygens (including phenoxy) is 1. The number of nitrogens with zero attached hydrogens (tertiary/aromatic N) is 1. The molecule has 0 saturated heterocycles. The third-order valence-corrected chi connectivity index (χ3v) is 5.80. The molecule has 0 unspecified atom stereocenters. The van der Waals surface area contributed by atoms with Gasteiger partial charge in [-0.3, -0.25) is 19.2 Å². The summed E-state index contributed by atoms with van der Waals surface area (Å²) in [7, 11) is 3.27. The Morgan fingerprint density at radius 2 is 1.49 bits per heavy atom. The molecule has 0 atom stereocenters. The summed E-state index contributed by atoms with van der Waals surface area (Å²) in [5, 5.41) is 2.35. The Hall–Kier alpha value is -4.30. The molecular formula is C26H19ClN2O6. The second kappa shape index (κ2) is 9.52. The van der Waals surface area contributed by atoms with Crippen molar-refractivity contribution in [2.75, 3.05) is 26.0 Å². The number of ketones is 2. The molecule has 9 heteroatoms. The minimum Gasteiger partial charge on any atom is -0.452 e. The van der Waals surface area contributed by atoms with Crippen molar-refractivity contribution in [3.8, 4) is 0 Å². The Morgan fingerprint density at radius 1 is 0.857 bits per heavy atom. The van der Waals surface area contributed by atoms with Crippen LogP contribution < -0.4 is 5.32 Å². The van der Waals surface area contributed by atoms with E-state index in [4.69, 9.17) is 16.3 Å². The van der Waals surface area contributed by atoms with Gasteiger partial charge in [0.25, 0.3) is 11.8 Å². The minimum absolute atomic E-state index is 0.0679. The molecular weight excluding hydrogens is 472 g/mol. The maximum Gasteiger partial charge on any atom is 0.340 e. The van der Waals surface area contributed by atoms with Crippen LogP contribution in [0.15, 0.2) is 60.7 Å². The fraction of sp³-hybridized carbons (Fsp3) is 0.115. The first-order valence-corrected chi connectivity index (χ1v) is 10.9. The molecule has 8 nitrogen and oxygen atoms in total. The summed E-state index contributed by atoms with van der Waals surface area (Å²) in [5.41, 5.74) is 1.24. The standard InChI is InChI=1S/C26H19ClN2O6/c1-29(2)25(33)14-7-9-15(10-8-14)28-20(30)13-35-26(34)19-12-11-18-21(22(19)27)24(32)17-6-4-3-5-16(17)23(18)31/h3-12H,13H2,1-2H3,(H,28,30). The molecule has 1 N–H and O–H groups in total. The molecule has 4 rings (SSSR count). The average Bonchev–Trinajstić information content (AvgIpc) is 2.85. The molecule has 0 aromatic heterocycles. The molecule has 3 aromatic rings. The van der Waals surface area contributed by atoms with Gasteiger partial charge in [-0.25, -0.2) is 4.79 Å². The lowest BCUT2D eigenvalue weighted by Gasteiger charge is -2.19. The normalized spacial score (nSPS) is 11.9. The highest BCUT2D eigenvalue weighted by molar-refractivity contribution is 6.41. The second-order valence-corrected chi connectivity index (χ2v) is 8.33. The minimum atomic E-state index is -0.918. The fourth-order valence-corrected chi connectivity index (χ4v) is 3.99. The Kier molecular flexibility index (Phi) is 6.48. The first-order valence-electron chi connectivity index (χ1n) is 10.5. The van der Waals surface area contributed by atoms with E-state index in [0.717, 1.165) is 0 Å². The summed E-state index contributed by atoms with van der Waals surface area (Å²) < 4.78 is 5.07. The Morgan fingerprint density at radius 3 is 2.11 bits per heavy atom. The summed E-state index contributed by atoms with van der Waals surface area (Å²) in [4.78, 5) is 63.9. The fourth-order valence-electron chi connectivity index (χ4n) is 3.66. The topological polar surface area (TPSA) is 110 Å². The van der Waals surface area contributed by atoms with Gasteiger partial charge >= 0.3 is 5.97 Å². The molecule has 0 spiro atoms. The summed E-state index contributed by atoms with van der Waals surface area (Å²) in [6.07, 6.45) is 0. The van der Waals surface area contributed by atoms with Crippen LogP contribution in [0.5, 0.6) is 0 Å². The van der Waals surface area contributed by atoms with Gasteiger partial charge in [0, 0.05) is 42.0 Å². The Balaban J connectivity index is 1.44. The van der Waals surface area contributed by atoms with Gasteiger partial charge in [0.2, 0.25) is 0 Å². The van der Waals surface area contributed by atoms with Crippen LogP contribution in [0.3, 0.4) is 0 Å². The smallest absolute Gasteiger partial charge is 0.340 e. The van der Waals surface area contributed by atoms with E-state index in [-0.39, 0.29) is 44.5 Å². The number of amides is 2. The van der Waals surface area contributed by atoms with Crippen LogP contribution in [-0.2, 0) is 9.53 Å². The number of nitrogens with one attached hydrogen (secondary N) is 1. The summed E-state index contributed by atoms with van der Waals surface area (Å²) in [6, 6.07) is 15.2. The number of benzene rings is 3.